The van der Waals surface area contributed by atoms with E-state index >= 15 is 4.79 Å². The molecule has 0 radical (unpaired) electrons. The summed E-state index contributed by atoms with van der Waals surface area (Å²) in [6.45, 7) is 10.3. The van der Waals surface area contributed by atoms with Crippen molar-refractivity contribution in [3.05, 3.63) is 34.3 Å². The van der Waals surface area contributed by atoms with Gasteiger partial charge in [-0.15, -0.1) is 0 Å². The van der Waals surface area contributed by atoms with Gasteiger partial charge in [0.1, 0.15) is 54.4 Å². The second kappa shape index (κ2) is 32.8. The highest BCUT2D eigenvalue weighted by Gasteiger charge is 2.47. The molecule has 22 nitrogen and oxygen atoms in total. The molecule has 5 fully saturated rings. The Hall–Kier alpha value is -6.53. The maximum absolute atomic E-state index is 15.0. The highest BCUT2D eigenvalue weighted by molar-refractivity contribution is 6.31. The van der Waals surface area contributed by atoms with Crippen molar-refractivity contribution in [2.24, 2.45) is 17.8 Å². The largest absolute Gasteiger partial charge is 0.417 e. The molecule has 0 bridgehead atoms. The fourth-order valence-corrected chi connectivity index (χ4v) is 13.7. The molecule has 1 aromatic rings. The van der Waals surface area contributed by atoms with Crippen LogP contribution in [0.25, 0.3) is 0 Å². The lowest BCUT2D eigenvalue weighted by Crippen LogP contribution is -2.65. The van der Waals surface area contributed by atoms with Crippen LogP contribution in [0.5, 0.6) is 0 Å². The summed E-state index contributed by atoms with van der Waals surface area (Å²) in [5.74, 6) is -6.41. The number of rotatable bonds is 8. The van der Waals surface area contributed by atoms with E-state index in [9.17, 15) is 61.1 Å². The summed E-state index contributed by atoms with van der Waals surface area (Å²) in [5.41, 5.74) is -0.708. The van der Waals surface area contributed by atoms with Gasteiger partial charge in [-0.1, -0.05) is 82.9 Å². The van der Waals surface area contributed by atoms with Crippen LogP contribution in [0.1, 0.15) is 175 Å². The summed E-state index contributed by atoms with van der Waals surface area (Å²) < 4.78 is 41.2. The number of alkyl halides is 3. The summed E-state index contributed by atoms with van der Waals surface area (Å²) in [6, 6.07) is -7.30. The fourth-order valence-electron chi connectivity index (χ4n) is 13.4. The van der Waals surface area contributed by atoms with Crippen LogP contribution in [-0.4, -0.2) is 215 Å². The Morgan fingerprint density at radius 3 is 1.81 bits per heavy atom. The third-order valence-electron chi connectivity index (χ3n) is 20.1. The van der Waals surface area contributed by atoms with Crippen molar-refractivity contribution in [1.82, 2.24) is 55.6 Å². The van der Waals surface area contributed by atoms with Crippen LogP contribution < -0.4 is 21.3 Å². The van der Waals surface area contributed by atoms with Crippen LogP contribution in [0.2, 0.25) is 5.02 Å². The number of hydrogen-bond acceptors (Lipinski definition) is 11. The minimum atomic E-state index is -4.73. The zero-order valence-electron chi connectivity index (χ0n) is 55.1. The van der Waals surface area contributed by atoms with Gasteiger partial charge < -0.3 is 55.6 Å². The first-order valence-corrected chi connectivity index (χ1v) is 33.2. The van der Waals surface area contributed by atoms with E-state index in [-0.39, 0.29) is 82.3 Å². The summed E-state index contributed by atoms with van der Waals surface area (Å²) in [7, 11) is 7.39. The molecule has 3 saturated heterocycles. The molecule has 26 heteroatoms. The van der Waals surface area contributed by atoms with E-state index in [1.54, 1.807) is 20.9 Å². The van der Waals surface area contributed by atoms with Gasteiger partial charge in [0.2, 0.25) is 65.0 Å². The maximum atomic E-state index is 15.0. The van der Waals surface area contributed by atoms with Gasteiger partial charge >= 0.3 is 6.18 Å². The Bertz CT molecular complexity index is 2800. The average Bonchev–Trinajstić information content (AvgIpc) is 1.17. The van der Waals surface area contributed by atoms with E-state index in [0.29, 0.717) is 44.1 Å². The molecule has 508 valence electrons. The summed E-state index contributed by atoms with van der Waals surface area (Å²) >= 11 is 6.11. The number of nitrogens with one attached hydrogen (secondary N) is 4. The molecule has 5 aliphatic rings. The van der Waals surface area contributed by atoms with Crippen LogP contribution in [0.3, 0.4) is 0 Å². The van der Waals surface area contributed by atoms with Crippen LogP contribution in [0.15, 0.2) is 18.2 Å². The lowest BCUT2D eigenvalue weighted by atomic mass is 9.84. The van der Waals surface area contributed by atoms with Crippen LogP contribution >= 0.6 is 11.6 Å². The summed E-state index contributed by atoms with van der Waals surface area (Å²) in [6.07, 6.45) is 4.97. The molecule has 1 aromatic carbocycles. The highest BCUT2D eigenvalue weighted by atomic mass is 35.5. The molecule has 6 rings (SSSR count). The van der Waals surface area contributed by atoms with Crippen molar-refractivity contribution in [2.75, 3.05) is 54.9 Å². The van der Waals surface area contributed by atoms with Crippen molar-refractivity contribution in [2.45, 2.75) is 237 Å². The van der Waals surface area contributed by atoms with Gasteiger partial charge in [-0.2, -0.15) is 13.2 Å². The van der Waals surface area contributed by atoms with Crippen molar-refractivity contribution in [3.63, 3.8) is 0 Å². The van der Waals surface area contributed by atoms with Gasteiger partial charge in [0, 0.05) is 73.8 Å². The van der Waals surface area contributed by atoms with Crippen LogP contribution in [0, 0.1) is 17.8 Å². The van der Waals surface area contributed by atoms with Crippen molar-refractivity contribution >= 4 is 76.6 Å². The van der Waals surface area contributed by atoms with Gasteiger partial charge in [-0.3, -0.25) is 52.7 Å². The zero-order chi connectivity index (χ0) is 67.3. The fraction of sp³-hybridized carbons (Fsp3) is 0.738. The Balaban J connectivity index is 1.30. The van der Waals surface area contributed by atoms with Crippen molar-refractivity contribution in [1.29, 1.82) is 0 Å². The smallest absolute Gasteiger partial charge is 0.354 e. The van der Waals surface area contributed by atoms with Crippen molar-refractivity contribution < 1.29 is 65.9 Å². The van der Waals surface area contributed by atoms with Gasteiger partial charge in [-0.25, -0.2) is 0 Å². The highest BCUT2D eigenvalue weighted by Crippen LogP contribution is 2.36. The van der Waals surface area contributed by atoms with Gasteiger partial charge in [0.25, 0.3) is 0 Å². The van der Waals surface area contributed by atoms with E-state index < -0.39 is 142 Å². The van der Waals surface area contributed by atoms with Crippen LogP contribution in [-0.2, 0) is 65.3 Å². The van der Waals surface area contributed by atoms with Gasteiger partial charge in [0.05, 0.1) is 10.6 Å². The Morgan fingerprint density at radius 2 is 1.20 bits per heavy atom. The number of hydrogen-bond donors (Lipinski definition) is 4. The molecular weight excluding hydrogens is 1200 g/mol. The number of carbonyl (C=O) groups is 11. The first-order chi connectivity index (χ1) is 42.9. The number of nitrogens with zero attached hydrogens (tertiary/aromatic N) is 7. The van der Waals surface area contributed by atoms with E-state index in [4.69, 9.17) is 11.6 Å². The average molecular weight is 1300 g/mol. The molecule has 91 heavy (non-hydrogen) atoms. The lowest BCUT2D eigenvalue weighted by molar-refractivity contribution is -0.160. The third-order valence-corrected chi connectivity index (χ3v) is 20.4. The Labute approximate surface area is 539 Å². The van der Waals surface area contributed by atoms with E-state index in [2.05, 4.69) is 21.3 Å². The molecule has 2 aliphatic carbocycles. The van der Waals surface area contributed by atoms with Crippen molar-refractivity contribution in [3.8, 4) is 0 Å². The van der Waals surface area contributed by atoms with E-state index in [1.807, 2.05) is 6.92 Å². The third kappa shape index (κ3) is 18.4. The van der Waals surface area contributed by atoms with E-state index in [0.717, 1.165) is 57.1 Å². The molecule has 4 N–H and O–H groups in total. The molecule has 0 aromatic heterocycles. The molecule has 2 saturated carbocycles. The van der Waals surface area contributed by atoms with Gasteiger partial charge in [0.15, 0.2) is 0 Å². The standard InChI is InChI=1S/C65H99ClF3N11O11/c1-12-38(2)54-64(91)76(9)42(6)60(87)80-34-31-50(80)62(89)77(10)51(37-43-21-14-13-15-22-43)63(90)75(8)41(5)56(83)72-48(30-28-44-27-29-46(47(66)36-44)65(67,68)69)61(88)79-33-20-25-49(79)58(85)70-32-19-18-26-52(81)78(11)55(45-23-16-17-24-45)59(86)71-39(3)35-53(82)74(7)40(4)57(84)73-54/h27,29,36,38-43,45,48-51,54-55H,12-26,28,30-35,37H2,1-11H3,(H,70,85)(H,71,86)(H,72,83)(H,73,84)/t38-,39+,40-,41+,42-,48-,49-,50?,51-,54-,55-/m0/s1. The summed E-state index contributed by atoms with van der Waals surface area (Å²) in [5, 5.41) is 10.9. The first kappa shape index (κ1) is 73.5. The normalized spacial score (nSPS) is 29.1. The second-order valence-corrected chi connectivity index (χ2v) is 26.7. The predicted octanol–water partition coefficient (Wildman–Crippen LogP) is 5.45. The number of benzene rings is 1. The van der Waals surface area contributed by atoms with Crippen LogP contribution in [0.4, 0.5) is 13.2 Å². The number of amides is 11. The number of fused-ring (bicyclic) bond motifs is 2. The molecule has 3 aliphatic heterocycles. The molecule has 11 amide bonds. The molecule has 0 spiro atoms. The SMILES string of the molecule is CC[C@H](C)[C@@H]1NC(=O)[C@H](C)N(C)C(=O)C[C@@H](C)NC(=O)[C@H](C2CCCC2)N(C)C(=O)CCCCNC(=O)[C@@H]2CCCN2C(=O)[C@H](CCc2ccc(C(F)(F)F)c(Cl)c2)NC(=O)[C@@H](C)N(C)C(=O)[C@H](CC2CCCCC2)N(C)C(=O)C2CCN2C(=O)[C@H](C)N(C)C1=O. The molecular formula is C65H99ClF3N11O11. The lowest BCUT2D eigenvalue weighted by Gasteiger charge is -2.45. The quantitative estimate of drug-likeness (QED) is 0.255. The summed E-state index contributed by atoms with van der Waals surface area (Å²) in [4.78, 5) is 167. The predicted molar refractivity (Wildman–Crippen MR) is 335 cm³/mol. The topological polar surface area (TPSA) is 259 Å². The number of halogens is 4. The number of likely N-dealkylation sites (N-methyl/N-ethyl adjacent to an activating group) is 5. The second-order valence-electron chi connectivity index (χ2n) is 26.3. The Kier molecular flexibility index (Phi) is 26.5. The number of carbonyl (C=O) groups excluding carboxylic acids is 11. The van der Waals surface area contributed by atoms with Gasteiger partial charge in [-0.05, 0) is 127 Å². The maximum Gasteiger partial charge on any atom is 0.417 e. The first-order valence-electron chi connectivity index (χ1n) is 32.9. The monoisotopic (exact) mass is 1300 g/mol. The molecule has 11 atom stereocenters. The minimum Gasteiger partial charge on any atom is -0.354 e. The number of aryl methyl sites for hydroxylation is 1. The zero-order valence-corrected chi connectivity index (χ0v) is 55.9. The molecule has 1 unspecified atom stereocenters. The van der Waals surface area contributed by atoms with E-state index in [1.165, 1.54) is 89.3 Å². The Morgan fingerprint density at radius 1 is 0.582 bits per heavy atom. The minimum absolute atomic E-state index is 0.0289. The molecule has 3 heterocycles.